The summed E-state index contributed by atoms with van der Waals surface area (Å²) in [7, 11) is 0. The second-order valence-electron chi connectivity index (χ2n) is 9.17. The van der Waals surface area contributed by atoms with E-state index in [9.17, 15) is 4.79 Å². The molecule has 9 nitrogen and oxygen atoms in total. The van der Waals surface area contributed by atoms with Gasteiger partial charge in [-0.2, -0.15) is 5.26 Å². The molecule has 1 heterocycles. The van der Waals surface area contributed by atoms with E-state index in [1.165, 1.54) is 37.9 Å². The number of rotatable bonds is 13. The molecule has 198 valence electrons. The Morgan fingerprint density at radius 3 is 2.54 bits per heavy atom. The maximum absolute atomic E-state index is 12.1. The number of carbonyl (C=O) groups is 1. The van der Waals surface area contributed by atoms with Crippen molar-refractivity contribution >= 4 is 17.6 Å². The fourth-order valence-electron chi connectivity index (χ4n) is 4.14. The topological polar surface area (TPSA) is 128 Å². The zero-order valence-electron chi connectivity index (χ0n) is 21.5. The van der Waals surface area contributed by atoms with E-state index in [0.29, 0.717) is 43.5 Å². The number of nitrogen functional groups attached to an aromatic ring is 1. The minimum absolute atomic E-state index is 0.114. The molecule has 3 rings (SSSR count). The molecule has 1 saturated heterocycles. The predicted molar refractivity (Wildman–Crippen MR) is 147 cm³/mol. The quantitative estimate of drug-likeness (QED) is 0.0822. The van der Waals surface area contributed by atoms with Crippen molar-refractivity contribution in [3.63, 3.8) is 0 Å². The Morgan fingerprint density at radius 2 is 1.78 bits per heavy atom. The Balaban J connectivity index is 1.28. The minimum atomic E-state index is -0.114. The highest BCUT2D eigenvalue weighted by atomic mass is 16.5. The lowest BCUT2D eigenvalue weighted by molar-refractivity contribution is 0.0953. The lowest BCUT2D eigenvalue weighted by atomic mass is 10.1. The van der Waals surface area contributed by atoms with Crippen LogP contribution in [0.4, 0.5) is 5.69 Å². The first-order valence-electron chi connectivity index (χ1n) is 13.2. The Kier molecular flexibility index (Phi) is 12.1. The van der Waals surface area contributed by atoms with Crippen LogP contribution in [0.1, 0.15) is 54.4 Å². The second-order valence-corrected chi connectivity index (χ2v) is 9.17. The second kappa shape index (κ2) is 16.1. The molecule has 37 heavy (non-hydrogen) atoms. The van der Waals surface area contributed by atoms with Crippen LogP contribution in [-0.4, -0.2) is 56.1 Å². The molecule has 5 N–H and O–H groups in total. The summed E-state index contributed by atoms with van der Waals surface area (Å²) in [6, 6.07) is 15.2. The van der Waals surface area contributed by atoms with Crippen molar-refractivity contribution in [2.45, 2.75) is 45.1 Å². The van der Waals surface area contributed by atoms with Crippen LogP contribution >= 0.6 is 0 Å². The Bertz CT molecular complexity index is 1030. The highest BCUT2D eigenvalue weighted by molar-refractivity contribution is 5.94. The standard InChI is InChI=1S/C28H39N7O2/c29-22-34-28(32-15-3-2-14-31-27(36)24-10-12-25(30)13-11-24)33-16-7-19-37-26-9-6-8-23(20-26)21-35-17-4-1-5-18-35/h6,8-13,20H,1-5,7,14-19,21,30H2,(H,31,36)(H2,32,33,34). The van der Waals surface area contributed by atoms with Gasteiger partial charge >= 0.3 is 0 Å². The molecule has 1 aliphatic heterocycles. The van der Waals surface area contributed by atoms with Gasteiger partial charge in [-0.15, -0.1) is 0 Å². The number of guanidine groups is 1. The van der Waals surface area contributed by atoms with Gasteiger partial charge in [0.2, 0.25) is 5.96 Å². The number of ether oxygens (including phenoxy) is 1. The van der Waals surface area contributed by atoms with Crippen molar-refractivity contribution in [3.8, 4) is 11.9 Å². The van der Waals surface area contributed by atoms with E-state index in [0.717, 1.165) is 31.6 Å². The van der Waals surface area contributed by atoms with Crippen LogP contribution < -0.4 is 26.4 Å². The number of benzene rings is 2. The van der Waals surface area contributed by atoms with Crippen LogP contribution in [-0.2, 0) is 6.54 Å². The van der Waals surface area contributed by atoms with Crippen LogP contribution in [0, 0.1) is 11.5 Å². The molecule has 2 aromatic rings. The highest BCUT2D eigenvalue weighted by Crippen LogP contribution is 2.17. The number of hydrogen-bond donors (Lipinski definition) is 4. The van der Waals surface area contributed by atoms with Gasteiger partial charge in [0, 0.05) is 43.9 Å². The summed E-state index contributed by atoms with van der Waals surface area (Å²) in [5.41, 5.74) is 8.15. The summed E-state index contributed by atoms with van der Waals surface area (Å²) in [5.74, 6) is 1.23. The number of anilines is 1. The van der Waals surface area contributed by atoms with Crippen molar-refractivity contribution in [1.82, 2.24) is 20.9 Å². The molecule has 0 radical (unpaired) electrons. The number of likely N-dealkylation sites (tertiary alicyclic amines) is 1. The van der Waals surface area contributed by atoms with E-state index in [1.807, 2.05) is 12.3 Å². The summed E-state index contributed by atoms with van der Waals surface area (Å²) < 4.78 is 5.93. The predicted octanol–water partition coefficient (Wildman–Crippen LogP) is 3.25. The number of nitrogens with zero attached hydrogens (tertiary/aromatic N) is 3. The van der Waals surface area contributed by atoms with Gasteiger partial charge in [0.1, 0.15) is 5.75 Å². The van der Waals surface area contributed by atoms with E-state index in [1.54, 1.807) is 24.3 Å². The van der Waals surface area contributed by atoms with Gasteiger partial charge < -0.3 is 21.1 Å². The van der Waals surface area contributed by atoms with E-state index >= 15 is 0 Å². The van der Waals surface area contributed by atoms with E-state index < -0.39 is 0 Å². The number of aliphatic imine (C=N–C) groups is 1. The molecule has 0 aromatic heterocycles. The maximum Gasteiger partial charge on any atom is 0.251 e. The van der Waals surface area contributed by atoms with Crippen molar-refractivity contribution < 1.29 is 9.53 Å². The lowest BCUT2D eigenvalue weighted by Gasteiger charge is -2.26. The molecule has 0 aliphatic carbocycles. The largest absolute Gasteiger partial charge is 0.494 e. The van der Waals surface area contributed by atoms with E-state index in [-0.39, 0.29) is 5.91 Å². The molecule has 1 aliphatic rings. The van der Waals surface area contributed by atoms with Gasteiger partial charge in [0.25, 0.3) is 5.91 Å². The molecule has 0 bridgehead atoms. The first-order chi connectivity index (χ1) is 18.1. The third-order valence-electron chi connectivity index (χ3n) is 6.12. The molecule has 2 aromatic carbocycles. The average Bonchev–Trinajstić information content (AvgIpc) is 2.91. The number of amides is 1. The summed E-state index contributed by atoms with van der Waals surface area (Å²) in [5, 5.41) is 17.6. The zero-order valence-corrected chi connectivity index (χ0v) is 21.5. The molecular formula is C28H39N7O2. The van der Waals surface area contributed by atoms with Crippen LogP contribution in [0.2, 0.25) is 0 Å². The minimum Gasteiger partial charge on any atom is -0.494 e. The smallest absolute Gasteiger partial charge is 0.251 e. The number of carbonyl (C=O) groups excluding carboxylic acids is 1. The fraction of sp³-hybridized carbons (Fsp3) is 0.464. The number of piperidine rings is 1. The molecule has 0 unspecified atom stereocenters. The average molecular weight is 506 g/mol. The molecule has 1 amide bonds. The molecular weight excluding hydrogens is 466 g/mol. The normalized spacial score (nSPS) is 14.0. The summed E-state index contributed by atoms with van der Waals surface area (Å²) in [4.78, 5) is 19.0. The first kappa shape index (κ1) is 27.8. The number of hydrogen-bond acceptors (Lipinski definition) is 6. The molecule has 0 atom stereocenters. The lowest BCUT2D eigenvalue weighted by Crippen LogP contribution is -2.35. The zero-order chi connectivity index (χ0) is 26.1. The number of nitrogens with one attached hydrogen (secondary N) is 3. The Labute approximate surface area is 220 Å². The fourth-order valence-corrected chi connectivity index (χ4v) is 4.14. The van der Waals surface area contributed by atoms with Gasteiger partial charge in [0.15, 0.2) is 6.19 Å². The van der Waals surface area contributed by atoms with Crippen LogP contribution in [0.3, 0.4) is 0 Å². The van der Waals surface area contributed by atoms with Crippen molar-refractivity contribution in [2.75, 3.05) is 45.1 Å². The van der Waals surface area contributed by atoms with E-state index in [4.69, 9.17) is 15.7 Å². The van der Waals surface area contributed by atoms with Crippen LogP contribution in [0.5, 0.6) is 5.75 Å². The van der Waals surface area contributed by atoms with Crippen molar-refractivity contribution in [1.29, 1.82) is 5.26 Å². The molecule has 1 fully saturated rings. The van der Waals surface area contributed by atoms with Crippen LogP contribution in [0.25, 0.3) is 0 Å². The van der Waals surface area contributed by atoms with Gasteiger partial charge in [-0.25, -0.2) is 0 Å². The van der Waals surface area contributed by atoms with Crippen LogP contribution in [0.15, 0.2) is 53.5 Å². The maximum atomic E-state index is 12.1. The van der Waals surface area contributed by atoms with Crippen molar-refractivity contribution in [3.05, 3.63) is 59.7 Å². The van der Waals surface area contributed by atoms with Gasteiger partial charge in [-0.05, 0) is 80.7 Å². The first-order valence-corrected chi connectivity index (χ1v) is 13.2. The van der Waals surface area contributed by atoms with E-state index in [2.05, 4.69) is 44.0 Å². The summed E-state index contributed by atoms with van der Waals surface area (Å²) in [6.07, 6.45) is 8.21. The number of nitrogens with two attached hydrogens (primary N) is 1. The van der Waals surface area contributed by atoms with Gasteiger partial charge in [-0.1, -0.05) is 18.6 Å². The monoisotopic (exact) mass is 505 g/mol. The van der Waals surface area contributed by atoms with Gasteiger partial charge in [0.05, 0.1) is 6.61 Å². The molecule has 9 heteroatoms. The number of nitriles is 1. The third-order valence-corrected chi connectivity index (χ3v) is 6.12. The molecule has 0 saturated carbocycles. The SMILES string of the molecule is N#CNC(=NCCCOc1cccc(CN2CCCCC2)c1)NCCCCNC(=O)c1ccc(N)cc1. The molecule has 0 spiro atoms. The summed E-state index contributed by atoms with van der Waals surface area (Å²) >= 11 is 0. The highest BCUT2D eigenvalue weighted by Gasteiger charge is 2.10. The van der Waals surface area contributed by atoms with Gasteiger partial charge in [-0.3, -0.25) is 20.0 Å². The Morgan fingerprint density at radius 1 is 1.03 bits per heavy atom. The summed E-state index contributed by atoms with van der Waals surface area (Å²) in [6.45, 7) is 5.65. The Hall–Kier alpha value is -3.77. The number of unbranched alkanes of at least 4 members (excludes halogenated alkanes) is 1. The third kappa shape index (κ3) is 10.8. The van der Waals surface area contributed by atoms with Crippen molar-refractivity contribution in [2.24, 2.45) is 4.99 Å².